The van der Waals surface area contributed by atoms with Crippen LogP contribution >= 0.6 is 0 Å². The topological polar surface area (TPSA) is 78.4 Å². The van der Waals surface area contributed by atoms with Gasteiger partial charge in [-0.05, 0) is 5.92 Å². The number of rotatable bonds is 4. The zero-order valence-electron chi connectivity index (χ0n) is 7.54. The second-order valence-electron chi connectivity index (χ2n) is 3.37. The van der Waals surface area contributed by atoms with E-state index in [0.29, 0.717) is 6.54 Å². The van der Waals surface area contributed by atoms with Gasteiger partial charge in [-0.25, -0.2) is 0 Å². The van der Waals surface area contributed by atoms with Gasteiger partial charge in [0.25, 0.3) is 0 Å². The summed E-state index contributed by atoms with van der Waals surface area (Å²) in [6.45, 7) is 2.48. The number of carbonyl (C=O) groups is 2. The van der Waals surface area contributed by atoms with Crippen molar-refractivity contribution in [3.05, 3.63) is 0 Å². The van der Waals surface area contributed by atoms with E-state index in [0.717, 1.165) is 0 Å². The van der Waals surface area contributed by atoms with Crippen molar-refractivity contribution >= 4 is 11.8 Å². The maximum atomic E-state index is 11.0. The first-order chi connectivity index (χ1) is 6.13. The standard InChI is InChI=1S/C8H14N2O3/c1-5(4-11)3-9-6-2-7(12)10-8(6)13/h5-6,9,11H,2-4H2,1H3,(H,10,12,13). The van der Waals surface area contributed by atoms with Gasteiger partial charge in [0, 0.05) is 13.2 Å². The van der Waals surface area contributed by atoms with Crippen LogP contribution in [-0.4, -0.2) is 36.1 Å². The minimum absolute atomic E-state index is 0.0787. The first kappa shape index (κ1) is 10.1. The molecule has 0 spiro atoms. The number of nitrogens with one attached hydrogen (secondary N) is 2. The minimum Gasteiger partial charge on any atom is -0.396 e. The summed E-state index contributed by atoms with van der Waals surface area (Å²) in [6, 6.07) is -0.415. The maximum Gasteiger partial charge on any atom is 0.244 e. The van der Waals surface area contributed by atoms with Gasteiger partial charge >= 0.3 is 0 Å². The summed E-state index contributed by atoms with van der Waals surface area (Å²) in [5.74, 6) is -0.405. The molecule has 1 rings (SSSR count). The number of aliphatic hydroxyl groups excluding tert-OH is 1. The molecule has 0 aromatic rings. The van der Waals surface area contributed by atoms with Crippen LogP contribution in [0.5, 0.6) is 0 Å². The average Bonchev–Trinajstić information content (AvgIpc) is 2.41. The van der Waals surface area contributed by atoms with Crippen molar-refractivity contribution in [2.45, 2.75) is 19.4 Å². The van der Waals surface area contributed by atoms with E-state index in [2.05, 4.69) is 10.6 Å². The molecule has 0 radical (unpaired) electrons. The van der Waals surface area contributed by atoms with Crippen LogP contribution < -0.4 is 10.6 Å². The fourth-order valence-corrected chi connectivity index (χ4v) is 1.13. The second-order valence-corrected chi connectivity index (χ2v) is 3.37. The highest BCUT2D eigenvalue weighted by molar-refractivity contribution is 6.05. The number of hydrogen-bond acceptors (Lipinski definition) is 4. The van der Waals surface area contributed by atoms with E-state index in [1.54, 1.807) is 0 Å². The number of aliphatic hydroxyl groups is 1. The number of carbonyl (C=O) groups excluding carboxylic acids is 2. The van der Waals surface area contributed by atoms with E-state index in [9.17, 15) is 9.59 Å². The molecule has 2 unspecified atom stereocenters. The highest BCUT2D eigenvalue weighted by Crippen LogP contribution is 2.01. The van der Waals surface area contributed by atoms with Gasteiger partial charge in [-0.3, -0.25) is 14.9 Å². The molecule has 0 saturated carbocycles. The van der Waals surface area contributed by atoms with Crippen LogP contribution in [-0.2, 0) is 9.59 Å². The van der Waals surface area contributed by atoms with Crippen LogP contribution in [0, 0.1) is 5.92 Å². The van der Waals surface area contributed by atoms with Gasteiger partial charge in [0.05, 0.1) is 12.5 Å². The molecular weight excluding hydrogens is 172 g/mol. The largest absolute Gasteiger partial charge is 0.396 e. The fourth-order valence-electron chi connectivity index (χ4n) is 1.13. The highest BCUT2D eigenvalue weighted by Gasteiger charge is 2.29. The fraction of sp³-hybridized carbons (Fsp3) is 0.750. The maximum absolute atomic E-state index is 11.0. The lowest BCUT2D eigenvalue weighted by Gasteiger charge is -2.12. The van der Waals surface area contributed by atoms with E-state index in [1.165, 1.54) is 0 Å². The lowest BCUT2D eigenvalue weighted by atomic mass is 10.1. The van der Waals surface area contributed by atoms with Crippen molar-refractivity contribution in [1.29, 1.82) is 0 Å². The Bertz CT molecular complexity index is 217. The van der Waals surface area contributed by atoms with Gasteiger partial charge < -0.3 is 10.4 Å². The van der Waals surface area contributed by atoms with E-state index >= 15 is 0 Å². The van der Waals surface area contributed by atoms with Crippen LogP contribution in [0.2, 0.25) is 0 Å². The summed E-state index contributed by atoms with van der Waals surface area (Å²) >= 11 is 0. The van der Waals surface area contributed by atoms with E-state index in [-0.39, 0.29) is 30.8 Å². The molecule has 1 aliphatic heterocycles. The van der Waals surface area contributed by atoms with Crippen molar-refractivity contribution in [3.63, 3.8) is 0 Å². The first-order valence-corrected chi connectivity index (χ1v) is 4.31. The molecule has 1 heterocycles. The quantitative estimate of drug-likeness (QED) is 0.473. The van der Waals surface area contributed by atoms with Crippen LogP contribution in [0.4, 0.5) is 0 Å². The van der Waals surface area contributed by atoms with E-state index in [1.807, 2.05) is 6.92 Å². The lowest BCUT2D eigenvalue weighted by molar-refractivity contribution is -0.125. The van der Waals surface area contributed by atoms with Gasteiger partial charge in [0.15, 0.2) is 0 Å². The molecule has 74 valence electrons. The van der Waals surface area contributed by atoms with Gasteiger partial charge in [-0.1, -0.05) is 6.92 Å². The van der Waals surface area contributed by atoms with Crippen molar-refractivity contribution in [3.8, 4) is 0 Å². The lowest BCUT2D eigenvalue weighted by Crippen LogP contribution is -2.39. The second kappa shape index (κ2) is 4.34. The molecule has 1 aliphatic rings. The van der Waals surface area contributed by atoms with Gasteiger partial charge in [-0.15, -0.1) is 0 Å². The van der Waals surface area contributed by atoms with Crippen molar-refractivity contribution in [2.24, 2.45) is 5.92 Å². The SMILES string of the molecule is CC(CO)CNC1CC(=O)NC1=O. The zero-order valence-corrected chi connectivity index (χ0v) is 7.54. The molecule has 13 heavy (non-hydrogen) atoms. The van der Waals surface area contributed by atoms with Crippen molar-refractivity contribution in [1.82, 2.24) is 10.6 Å². The molecule has 2 atom stereocenters. The highest BCUT2D eigenvalue weighted by atomic mass is 16.3. The first-order valence-electron chi connectivity index (χ1n) is 4.31. The summed E-state index contributed by atoms with van der Waals surface area (Å²) in [6.07, 6.45) is 0.205. The van der Waals surface area contributed by atoms with Gasteiger partial charge in [-0.2, -0.15) is 0 Å². The number of amides is 2. The van der Waals surface area contributed by atoms with E-state index < -0.39 is 6.04 Å². The molecule has 0 aromatic carbocycles. The molecule has 0 bridgehead atoms. The molecule has 5 nitrogen and oxygen atoms in total. The third-order valence-electron chi connectivity index (χ3n) is 1.99. The smallest absolute Gasteiger partial charge is 0.244 e. The zero-order chi connectivity index (χ0) is 9.84. The molecule has 0 aromatic heterocycles. The molecule has 3 N–H and O–H groups in total. The number of imide groups is 1. The number of hydrogen-bond donors (Lipinski definition) is 3. The summed E-state index contributed by atoms with van der Waals surface area (Å²) in [5, 5.41) is 13.8. The molecule has 5 heteroatoms. The van der Waals surface area contributed by atoms with Crippen molar-refractivity contribution < 1.29 is 14.7 Å². The Balaban J connectivity index is 2.29. The molecule has 0 aliphatic carbocycles. The molecule has 1 saturated heterocycles. The third kappa shape index (κ3) is 2.78. The summed E-state index contributed by atoms with van der Waals surface area (Å²) < 4.78 is 0. The average molecular weight is 186 g/mol. The predicted octanol–water partition coefficient (Wildman–Crippen LogP) is -1.38. The van der Waals surface area contributed by atoms with Gasteiger partial charge in [0.1, 0.15) is 0 Å². The Morgan fingerprint density at radius 2 is 2.38 bits per heavy atom. The summed E-state index contributed by atoms with van der Waals surface area (Å²) in [5.41, 5.74) is 0. The summed E-state index contributed by atoms with van der Waals surface area (Å²) in [4.78, 5) is 21.8. The molecule has 2 amide bonds. The Labute approximate surface area is 76.5 Å². The Kier molecular flexibility index (Phi) is 3.39. The monoisotopic (exact) mass is 186 g/mol. The van der Waals surface area contributed by atoms with Crippen LogP contribution in [0.1, 0.15) is 13.3 Å². The minimum atomic E-state index is -0.415. The van der Waals surface area contributed by atoms with E-state index in [4.69, 9.17) is 5.11 Å². The Morgan fingerprint density at radius 1 is 1.69 bits per heavy atom. The normalized spacial score (nSPS) is 24.6. The molecule has 1 fully saturated rings. The predicted molar refractivity (Wildman–Crippen MR) is 45.8 cm³/mol. The summed E-state index contributed by atoms with van der Waals surface area (Å²) in [7, 11) is 0. The van der Waals surface area contributed by atoms with Crippen LogP contribution in [0.25, 0.3) is 0 Å². The van der Waals surface area contributed by atoms with Gasteiger partial charge in [0.2, 0.25) is 11.8 Å². The Hall–Kier alpha value is -0.940. The van der Waals surface area contributed by atoms with Crippen molar-refractivity contribution in [2.75, 3.05) is 13.2 Å². The van der Waals surface area contributed by atoms with Crippen LogP contribution in [0.15, 0.2) is 0 Å². The Morgan fingerprint density at radius 3 is 2.85 bits per heavy atom. The third-order valence-corrected chi connectivity index (χ3v) is 1.99. The van der Waals surface area contributed by atoms with Crippen LogP contribution in [0.3, 0.4) is 0 Å². The molecular formula is C8H14N2O3.